The molecular formula is C8H11KNO3. The molecule has 1 aromatic rings. The fourth-order valence-corrected chi connectivity index (χ4v) is 0.997. The zero-order valence-corrected chi connectivity index (χ0v) is 10.9. The van der Waals surface area contributed by atoms with Gasteiger partial charge in [0, 0.05) is 68.7 Å². The van der Waals surface area contributed by atoms with E-state index < -0.39 is 0 Å². The number of aliphatic hydroxyl groups is 2. The molecule has 0 bridgehead atoms. The summed E-state index contributed by atoms with van der Waals surface area (Å²) in [6.07, 6.45) is 1.45. The predicted octanol–water partition coefficient (Wildman–Crippen LogP) is -0.301. The van der Waals surface area contributed by atoms with Crippen LogP contribution in [0.3, 0.4) is 0 Å². The summed E-state index contributed by atoms with van der Waals surface area (Å²) in [4.78, 5) is 3.84. The van der Waals surface area contributed by atoms with Crippen molar-refractivity contribution < 1.29 is 15.3 Å². The van der Waals surface area contributed by atoms with Crippen LogP contribution in [0.4, 0.5) is 0 Å². The van der Waals surface area contributed by atoms with E-state index in [0.29, 0.717) is 16.8 Å². The molecule has 0 aliphatic carbocycles. The van der Waals surface area contributed by atoms with Crippen molar-refractivity contribution in [1.82, 2.24) is 4.98 Å². The smallest absolute Gasteiger partial charge is 0.142 e. The summed E-state index contributed by atoms with van der Waals surface area (Å²) < 4.78 is 0. The zero-order valence-electron chi connectivity index (χ0n) is 7.78. The molecule has 0 fully saturated rings. The van der Waals surface area contributed by atoms with Gasteiger partial charge in [-0.1, -0.05) is 0 Å². The van der Waals surface area contributed by atoms with Crippen LogP contribution in [-0.2, 0) is 13.2 Å². The Hall–Kier alpha value is 0.506. The van der Waals surface area contributed by atoms with Crippen molar-refractivity contribution in [2.45, 2.75) is 20.1 Å². The van der Waals surface area contributed by atoms with Crippen LogP contribution >= 0.6 is 0 Å². The topological polar surface area (TPSA) is 73.6 Å². The Morgan fingerprint density at radius 1 is 1.31 bits per heavy atom. The largest absolute Gasteiger partial charge is 0.506 e. The van der Waals surface area contributed by atoms with E-state index in [-0.39, 0.29) is 70.3 Å². The molecule has 0 aromatic carbocycles. The summed E-state index contributed by atoms with van der Waals surface area (Å²) in [5.74, 6) is -0.0379. The van der Waals surface area contributed by atoms with Crippen molar-refractivity contribution in [3.63, 3.8) is 0 Å². The van der Waals surface area contributed by atoms with Crippen molar-refractivity contribution in [2.24, 2.45) is 0 Å². The van der Waals surface area contributed by atoms with Gasteiger partial charge in [-0.2, -0.15) is 0 Å². The zero-order chi connectivity index (χ0) is 9.14. The summed E-state index contributed by atoms with van der Waals surface area (Å²) >= 11 is 0. The van der Waals surface area contributed by atoms with Gasteiger partial charge >= 0.3 is 0 Å². The molecule has 0 unspecified atom stereocenters. The quantitative estimate of drug-likeness (QED) is 0.583. The van der Waals surface area contributed by atoms with Crippen LogP contribution < -0.4 is 0 Å². The Morgan fingerprint density at radius 2 is 1.92 bits per heavy atom. The minimum atomic E-state index is -0.287. The molecular weight excluding hydrogens is 197 g/mol. The second kappa shape index (κ2) is 6.08. The molecule has 0 amide bonds. The number of aryl methyl sites for hydroxylation is 1. The molecule has 3 N–H and O–H groups in total. The van der Waals surface area contributed by atoms with Gasteiger partial charge in [0.25, 0.3) is 0 Å². The molecule has 0 spiro atoms. The fourth-order valence-electron chi connectivity index (χ4n) is 0.997. The minimum Gasteiger partial charge on any atom is -0.506 e. The van der Waals surface area contributed by atoms with Crippen LogP contribution in [0, 0.1) is 6.92 Å². The van der Waals surface area contributed by atoms with E-state index in [4.69, 9.17) is 10.2 Å². The van der Waals surface area contributed by atoms with Gasteiger partial charge in [0.2, 0.25) is 0 Å². The summed E-state index contributed by atoms with van der Waals surface area (Å²) in [5, 5.41) is 27.0. The van der Waals surface area contributed by atoms with Gasteiger partial charge in [-0.15, -0.1) is 0 Å². The maximum atomic E-state index is 9.38. The number of hydrogen-bond acceptors (Lipinski definition) is 4. The Bertz CT molecular complexity index is 291. The van der Waals surface area contributed by atoms with Crippen LogP contribution in [0.2, 0.25) is 0 Å². The SMILES string of the molecule is Cc1ncc(CO)c(CO)c1O.[K]. The number of aliphatic hydroxyl groups excluding tert-OH is 2. The number of rotatable bonds is 2. The molecule has 13 heavy (non-hydrogen) atoms. The Kier molecular flexibility index (Phi) is 6.31. The number of pyridine rings is 1. The predicted molar refractivity (Wildman–Crippen MR) is 48.2 cm³/mol. The maximum absolute atomic E-state index is 9.38. The number of aromatic nitrogens is 1. The van der Waals surface area contributed by atoms with Crippen molar-refractivity contribution >= 4 is 51.4 Å². The first kappa shape index (κ1) is 13.5. The first-order valence-corrected chi connectivity index (χ1v) is 3.58. The van der Waals surface area contributed by atoms with E-state index in [2.05, 4.69) is 4.98 Å². The molecule has 1 radical (unpaired) electrons. The van der Waals surface area contributed by atoms with Crippen LogP contribution in [-0.4, -0.2) is 71.7 Å². The molecule has 1 rings (SSSR count). The molecule has 0 aliphatic heterocycles. The van der Waals surface area contributed by atoms with E-state index in [9.17, 15) is 5.11 Å². The second-order valence-electron chi connectivity index (χ2n) is 2.51. The van der Waals surface area contributed by atoms with Gasteiger partial charge in [0.05, 0.1) is 18.9 Å². The van der Waals surface area contributed by atoms with Gasteiger partial charge < -0.3 is 15.3 Å². The summed E-state index contributed by atoms with van der Waals surface area (Å²) in [6.45, 7) is 1.12. The number of hydrogen-bond donors (Lipinski definition) is 3. The van der Waals surface area contributed by atoms with Crippen molar-refractivity contribution in [3.05, 3.63) is 23.0 Å². The van der Waals surface area contributed by atoms with Gasteiger partial charge in [-0.3, -0.25) is 4.98 Å². The van der Waals surface area contributed by atoms with Gasteiger partial charge in [0.15, 0.2) is 0 Å². The average Bonchev–Trinajstić information content (AvgIpc) is 2.09. The van der Waals surface area contributed by atoms with Crippen molar-refractivity contribution in [3.8, 4) is 5.75 Å². The van der Waals surface area contributed by atoms with Crippen molar-refractivity contribution in [1.29, 1.82) is 0 Å². The first-order valence-electron chi connectivity index (χ1n) is 3.58. The maximum Gasteiger partial charge on any atom is 0.142 e. The second-order valence-corrected chi connectivity index (χ2v) is 2.51. The Labute approximate surface area is 119 Å². The van der Waals surface area contributed by atoms with Gasteiger partial charge in [-0.25, -0.2) is 0 Å². The number of nitrogens with zero attached hydrogens (tertiary/aromatic N) is 1. The van der Waals surface area contributed by atoms with E-state index in [1.165, 1.54) is 6.20 Å². The summed E-state index contributed by atoms with van der Waals surface area (Å²) in [7, 11) is 0. The molecule has 0 atom stereocenters. The minimum absolute atomic E-state index is 0. The number of aromatic hydroxyl groups is 1. The van der Waals surface area contributed by atoms with Gasteiger partial charge in [0.1, 0.15) is 5.75 Å². The molecule has 1 heterocycles. The molecule has 5 heteroatoms. The third kappa shape index (κ3) is 2.98. The van der Waals surface area contributed by atoms with Crippen molar-refractivity contribution in [2.75, 3.05) is 0 Å². The van der Waals surface area contributed by atoms with E-state index in [0.717, 1.165) is 0 Å². The monoisotopic (exact) mass is 208 g/mol. The van der Waals surface area contributed by atoms with Crippen LogP contribution in [0.25, 0.3) is 0 Å². The molecule has 0 saturated carbocycles. The van der Waals surface area contributed by atoms with Crippen LogP contribution in [0.1, 0.15) is 16.8 Å². The molecule has 4 nitrogen and oxygen atoms in total. The summed E-state index contributed by atoms with van der Waals surface area (Å²) in [6, 6.07) is 0. The third-order valence-electron chi connectivity index (χ3n) is 1.76. The Balaban J connectivity index is 0.00000144. The average molecular weight is 208 g/mol. The fraction of sp³-hybridized carbons (Fsp3) is 0.375. The standard InChI is InChI=1S/C8H11NO3.K/c1-5-8(12)7(4-11)6(3-10)2-9-5;/h2,10-12H,3-4H2,1H3;. The molecule has 0 aliphatic rings. The van der Waals surface area contributed by atoms with Gasteiger partial charge in [-0.05, 0) is 6.92 Å². The first-order chi connectivity index (χ1) is 5.70. The Morgan fingerprint density at radius 3 is 2.38 bits per heavy atom. The van der Waals surface area contributed by atoms with E-state index >= 15 is 0 Å². The van der Waals surface area contributed by atoms with Crippen LogP contribution in [0.15, 0.2) is 6.20 Å². The molecule has 67 valence electrons. The van der Waals surface area contributed by atoms with Crippen LogP contribution in [0.5, 0.6) is 5.75 Å². The molecule has 1 aromatic heterocycles. The van der Waals surface area contributed by atoms with E-state index in [1.807, 2.05) is 0 Å². The summed E-state index contributed by atoms with van der Waals surface area (Å²) in [5.41, 5.74) is 1.27. The third-order valence-corrected chi connectivity index (χ3v) is 1.76. The van der Waals surface area contributed by atoms with E-state index in [1.54, 1.807) is 6.92 Å². The normalized spacial score (nSPS) is 9.46. The molecule has 0 saturated heterocycles.